The van der Waals surface area contributed by atoms with E-state index in [2.05, 4.69) is 32.6 Å². The van der Waals surface area contributed by atoms with Gasteiger partial charge >= 0.3 is 0 Å². The summed E-state index contributed by atoms with van der Waals surface area (Å²) in [5, 5.41) is 0. The van der Waals surface area contributed by atoms with Crippen molar-refractivity contribution in [2.24, 2.45) is 23.0 Å². The molecule has 0 bridgehead atoms. The Morgan fingerprint density at radius 2 is 1.90 bits per heavy atom. The summed E-state index contributed by atoms with van der Waals surface area (Å²) in [4.78, 5) is 2.81. The minimum Gasteiger partial charge on any atom is -0.329 e. The SMILES string of the molecule is CCCC1CCCN(C2(CN)CC(C)CC(C)(C)C2)CC1. The molecule has 0 radical (unpaired) electrons. The van der Waals surface area contributed by atoms with E-state index in [1.165, 1.54) is 64.5 Å². The molecule has 21 heavy (non-hydrogen) atoms. The molecule has 2 fully saturated rings. The Morgan fingerprint density at radius 1 is 1.14 bits per heavy atom. The van der Waals surface area contributed by atoms with Crippen LogP contribution in [-0.2, 0) is 0 Å². The van der Waals surface area contributed by atoms with Crippen LogP contribution in [-0.4, -0.2) is 30.1 Å². The van der Waals surface area contributed by atoms with Gasteiger partial charge in [-0.2, -0.15) is 0 Å². The molecule has 1 saturated carbocycles. The van der Waals surface area contributed by atoms with Gasteiger partial charge in [0.15, 0.2) is 0 Å². The Balaban J connectivity index is 2.09. The molecule has 2 aliphatic rings. The van der Waals surface area contributed by atoms with Crippen LogP contribution < -0.4 is 5.73 Å². The normalized spacial score (nSPS) is 38.1. The van der Waals surface area contributed by atoms with Crippen LogP contribution in [0.2, 0.25) is 0 Å². The van der Waals surface area contributed by atoms with E-state index in [0.29, 0.717) is 5.41 Å². The number of hydrogen-bond donors (Lipinski definition) is 1. The van der Waals surface area contributed by atoms with Crippen LogP contribution in [0, 0.1) is 17.3 Å². The smallest absolute Gasteiger partial charge is 0.0339 e. The second-order valence-corrected chi connectivity index (χ2v) is 8.86. The topological polar surface area (TPSA) is 29.3 Å². The first-order valence-electron chi connectivity index (χ1n) is 9.36. The molecule has 2 N–H and O–H groups in total. The average molecular weight is 295 g/mol. The Bertz CT molecular complexity index is 326. The van der Waals surface area contributed by atoms with Crippen molar-refractivity contribution in [2.45, 2.75) is 84.6 Å². The van der Waals surface area contributed by atoms with Gasteiger partial charge in [0.1, 0.15) is 0 Å². The van der Waals surface area contributed by atoms with Gasteiger partial charge in [0.2, 0.25) is 0 Å². The highest BCUT2D eigenvalue weighted by molar-refractivity contribution is 5.01. The lowest BCUT2D eigenvalue weighted by molar-refractivity contribution is -0.0105. The standard InChI is InChI=1S/C19H38N2/c1-5-7-17-8-6-10-21(11-9-17)19(15-20)13-16(2)12-18(3,4)14-19/h16-17H,5-15,20H2,1-4H3. The van der Waals surface area contributed by atoms with Gasteiger partial charge in [-0.05, 0) is 68.9 Å². The van der Waals surface area contributed by atoms with Crippen LogP contribution in [0.3, 0.4) is 0 Å². The molecule has 0 aromatic heterocycles. The lowest BCUT2D eigenvalue weighted by atomic mass is 9.63. The summed E-state index contributed by atoms with van der Waals surface area (Å²) in [5.41, 5.74) is 7.09. The molecule has 3 atom stereocenters. The third-order valence-corrected chi connectivity index (χ3v) is 6.03. The first kappa shape index (κ1) is 17.3. The van der Waals surface area contributed by atoms with Gasteiger partial charge in [-0.1, -0.05) is 40.5 Å². The zero-order chi connectivity index (χ0) is 15.5. The summed E-state index contributed by atoms with van der Waals surface area (Å²) < 4.78 is 0. The van der Waals surface area contributed by atoms with Gasteiger partial charge in [0, 0.05) is 12.1 Å². The van der Waals surface area contributed by atoms with E-state index in [1.54, 1.807) is 0 Å². The van der Waals surface area contributed by atoms with Gasteiger partial charge < -0.3 is 5.73 Å². The molecule has 1 aliphatic carbocycles. The Morgan fingerprint density at radius 3 is 2.52 bits per heavy atom. The van der Waals surface area contributed by atoms with Crippen molar-refractivity contribution in [1.29, 1.82) is 0 Å². The summed E-state index contributed by atoms with van der Waals surface area (Å²) in [6.45, 7) is 13.1. The summed E-state index contributed by atoms with van der Waals surface area (Å²) >= 11 is 0. The molecular formula is C19H38N2. The highest BCUT2D eigenvalue weighted by Crippen LogP contribution is 2.46. The Hall–Kier alpha value is -0.0800. The van der Waals surface area contributed by atoms with E-state index in [4.69, 9.17) is 5.73 Å². The van der Waals surface area contributed by atoms with Gasteiger partial charge in [-0.25, -0.2) is 0 Å². The monoisotopic (exact) mass is 294 g/mol. The van der Waals surface area contributed by atoms with E-state index in [-0.39, 0.29) is 5.54 Å². The minimum atomic E-state index is 0.280. The van der Waals surface area contributed by atoms with Gasteiger partial charge in [-0.3, -0.25) is 4.90 Å². The largest absolute Gasteiger partial charge is 0.329 e. The fourth-order valence-electron chi connectivity index (χ4n) is 5.56. The van der Waals surface area contributed by atoms with Crippen LogP contribution in [0.25, 0.3) is 0 Å². The van der Waals surface area contributed by atoms with Crippen molar-refractivity contribution < 1.29 is 0 Å². The van der Waals surface area contributed by atoms with E-state index in [9.17, 15) is 0 Å². The van der Waals surface area contributed by atoms with Gasteiger partial charge in [0.25, 0.3) is 0 Å². The fourth-order valence-corrected chi connectivity index (χ4v) is 5.56. The van der Waals surface area contributed by atoms with Gasteiger partial charge in [0.05, 0.1) is 0 Å². The molecule has 0 amide bonds. The van der Waals surface area contributed by atoms with Crippen LogP contribution in [0.1, 0.15) is 79.1 Å². The minimum absolute atomic E-state index is 0.280. The van der Waals surface area contributed by atoms with Crippen LogP contribution in [0.4, 0.5) is 0 Å². The van der Waals surface area contributed by atoms with E-state index in [1.807, 2.05) is 0 Å². The molecule has 1 saturated heterocycles. The second-order valence-electron chi connectivity index (χ2n) is 8.86. The molecule has 0 aromatic rings. The highest BCUT2D eigenvalue weighted by atomic mass is 15.2. The second kappa shape index (κ2) is 7.00. The van der Waals surface area contributed by atoms with E-state index >= 15 is 0 Å². The molecule has 3 unspecified atom stereocenters. The summed E-state index contributed by atoms with van der Waals surface area (Å²) in [5.74, 6) is 1.77. The van der Waals surface area contributed by atoms with Crippen LogP contribution in [0.15, 0.2) is 0 Å². The lowest BCUT2D eigenvalue weighted by Crippen LogP contribution is -2.59. The summed E-state index contributed by atoms with van der Waals surface area (Å²) in [7, 11) is 0. The Labute approximate surface area is 132 Å². The number of likely N-dealkylation sites (tertiary alicyclic amines) is 1. The molecule has 1 aliphatic heterocycles. The first-order valence-corrected chi connectivity index (χ1v) is 9.36. The van der Waals surface area contributed by atoms with E-state index in [0.717, 1.165) is 18.4 Å². The predicted octanol–water partition coefficient (Wildman–Crippen LogP) is 4.43. The molecule has 0 aromatic carbocycles. The van der Waals surface area contributed by atoms with Crippen molar-refractivity contribution in [1.82, 2.24) is 4.90 Å². The number of hydrogen-bond acceptors (Lipinski definition) is 2. The van der Waals surface area contributed by atoms with Crippen molar-refractivity contribution in [3.63, 3.8) is 0 Å². The molecule has 1 heterocycles. The zero-order valence-corrected chi connectivity index (χ0v) is 15.0. The zero-order valence-electron chi connectivity index (χ0n) is 15.0. The summed E-state index contributed by atoms with van der Waals surface area (Å²) in [6, 6.07) is 0. The average Bonchev–Trinajstić information content (AvgIpc) is 2.63. The highest BCUT2D eigenvalue weighted by Gasteiger charge is 2.45. The maximum atomic E-state index is 6.36. The molecule has 124 valence electrons. The fraction of sp³-hybridized carbons (Fsp3) is 1.00. The lowest BCUT2D eigenvalue weighted by Gasteiger charge is -2.53. The maximum Gasteiger partial charge on any atom is 0.0339 e. The van der Waals surface area contributed by atoms with E-state index < -0.39 is 0 Å². The predicted molar refractivity (Wildman–Crippen MR) is 92.4 cm³/mol. The summed E-state index contributed by atoms with van der Waals surface area (Å²) in [6.07, 6.45) is 10.9. The molecule has 0 spiro atoms. The third kappa shape index (κ3) is 4.22. The van der Waals surface area contributed by atoms with Crippen LogP contribution >= 0.6 is 0 Å². The van der Waals surface area contributed by atoms with Crippen molar-refractivity contribution >= 4 is 0 Å². The number of rotatable bonds is 4. The Kier molecular flexibility index (Phi) is 5.76. The quantitative estimate of drug-likeness (QED) is 0.831. The van der Waals surface area contributed by atoms with Crippen molar-refractivity contribution in [3.05, 3.63) is 0 Å². The number of nitrogens with zero attached hydrogens (tertiary/aromatic N) is 1. The molecular weight excluding hydrogens is 256 g/mol. The molecule has 2 rings (SSSR count). The third-order valence-electron chi connectivity index (χ3n) is 6.03. The van der Waals surface area contributed by atoms with Crippen LogP contribution in [0.5, 0.6) is 0 Å². The number of nitrogens with two attached hydrogens (primary N) is 1. The van der Waals surface area contributed by atoms with Gasteiger partial charge in [-0.15, -0.1) is 0 Å². The van der Waals surface area contributed by atoms with Crippen molar-refractivity contribution in [2.75, 3.05) is 19.6 Å². The maximum absolute atomic E-state index is 6.36. The van der Waals surface area contributed by atoms with Crippen molar-refractivity contribution in [3.8, 4) is 0 Å². The molecule has 2 heteroatoms. The first-order chi connectivity index (χ1) is 9.91. The molecule has 2 nitrogen and oxygen atoms in total.